The van der Waals surface area contributed by atoms with Crippen molar-refractivity contribution in [2.24, 2.45) is 7.05 Å². The number of hydrogen-bond donors (Lipinski definition) is 2. The molecule has 72 valence electrons. The van der Waals surface area contributed by atoms with Gasteiger partial charge in [0.05, 0.1) is 6.61 Å². The highest BCUT2D eigenvalue weighted by Crippen LogP contribution is 2.08. The van der Waals surface area contributed by atoms with Gasteiger partial charge in [0, 0.05) is 25.5 Å². The second kappa shape index (κ2) is 4.84. The summed E-state index contributed by atoms with van der Waals surface area (Å²) in [5, 5.41) is 17.7. The van der Waals surface area contributed by atoms with Gasteiger partial charge in [-0.3, -0.25) is 0 Å². The summed E-state index contributed by atoms with van der Waals surface area (Å²) in [6.07, 6.45) is 4.37. The van der Waals surface area contributed by atoms with Crippen molar-refractivity contribution in [3.63, 3.8) is 0 Å². The third-order valence-corrected chi connectivity index (χ3v) is 1.97. The van der Waals surface area contributed by atoms with Crippen LogP contribution in [0.25, 0.3) is 6.08 Å². The van der Waals surface area contributed by atoms with Gasteiger partial charge in [0.25, 0.3) is 0 Å². The molecule has 3 heteroatoms. The first-order valence-corrected chi connectivity index (χ1v) is 4.30. The normalized spacial score (nSPS) is 12.1. The molecule has 0 aromatic carbocycles. The minimum absolute atomic E-state index is 0.00569. The number of aliphatic hydroxyl groups is 2. The lowest BCUT2D eigenvalue weighted by atomic mass is 10.2. The Morgan fingerprint density at radius 2 is 2.31 bits per heavy atom. The standard InChI is InChI=1S/C10H15NO2/c1-11-5-2-3-10(11)7-9(8-13)4-6-12/h2-3,5,7,12-13H,4,6,8H2,1H3/b9-7+. The van der Waals surface area contributed by atoms with Crippen molar-refractivity contribution in [3.8, 4) is 0 Å². The first kappa shape index (κ1) is 10.0. The zero-order valence-corrected chi connectivity index (χ0v) is 7.77. The van der Waals surface area contributed by atoms with Crippen LogP contribution >= 0.6 is 0 Å². The number of aryl methyl sites for hydroxylation is 1. The fourth-order valence-corrected chi connectivity index (χ4v) is 1.17. The molecule has 0 spiro atoms. The lowest BCUT2D eigenvalue weighted by Gasteiger charge is -2.02. The van der Waals surface area contributed by atoms with Gasteiger partial charge in [-0.2, -0.15) is 0 Å². The van der Waals surface area contributed by atoms with Crippen LogP contribution in [-0.4, -0.2) is 28.0 Å². The minimum Gasteiger partial charge on any atom is -0.396 e. The van der Waals surface area contributed by atoms with E-state index in [0.717, 1.165) is 11.3 Å². The molecule has 0 aliphatic carbocycles. The van der Waals surface area contributed by atoms with E-state index in [1.165, 1.54) is 0 Å². The van der Waals surface area contributed by atoms with Gasteiger partial charge >= 0.3 is 0 Å². The Morgan fingerprint density at radius 3 is 2.77 bits per heavy atom. The predicted molar refractivity (Wildman–Crippen MR) is 52.2 cm³/mol. The van der Waals surface area contributed by atoms with Crippen LogP contribution in [-0.2, 0) is 7.05 Å². The monoisotopic (exact) mass is 181 g/mol. The predicted octanol–water partition coefficient (Wildman–Crippen LogP) is 0.783. The van der Waals surface area contributed by atoms with Gasteiger partial charge in [-0.25, -0.2) is 0 Å². The first-order valence-electron chi connectivity index (χ1n) is 4.30. The highest BCUT2D eigenvalue weighted by atomic mass is 16.3. The topological polar surface area (TPSA) is 45.4 Å². The van der Waals surface area contributed by atoms with Gasteiger partial charge in [-0.05, 0) is 30.2 Å². The van der Waals surface area contributed by atoms with E-state index in [9.17, 15) is 0 Å². The molecule has 0 aliphatic heterocycles. The van der Waals surface area contributed by atoms with E-state index < -0.39 is 0 Å². The zero-order chi connectivity index (χ0) is 9.68. The summed E-state index contributed by atoms with van der Waals surface area (Å²) in [5.41, 5.74) is 1.89. The van der Waals surface area contributed by atoms with Crippen LogP contribution in [0, 0.1) is 0 Å². The molecule has 1 aromatic rings. The molecule has 1 aromatic heterocycles. The van der Waals surface area contributed by atoms with Gasteiger partial charge in [0.15, 0.2) is 0 Å². The van der Waals surface area contributed by atoms with Crippen molar-refractivity contribution in [2.75, 3.05) is 13.2 Å². The van der Waals surface area contributed by atoms with E-state index in [1.54, 1.807) is 0 Å². The average Bonchev–Trinajstić information content (AvgIpc) is 2.51. The molecule has 0 atom stereocenters. The lowest BCUT2D eigenvalue weighted by molar-refractivity contribution is 0.279. The Balaban J connectivity index is 2.78. The van der Waals surface area contributed by atoms with Gasteiger partial charge in [-0.15, -0.1) is 0 Å². The van der Waals surface area contributed by atoms with Crippen molar-refractivity contribution in [1.29, 1.82) is 0 Å². The smallest absolute Gasteiger partial charge is 0.0646 e. The summed E-state index contributed by atoms with van der Waals surface area (Å²) in [6.45, 7) is 0.0859. The Bertz CT molecular complexity index is 289. The zero-order valence-electron chi connectivity index (χ0n) is 7.77. The summed E-state index contributed by atoms with van der Waals surface area (Å²) in [5.74, 6) is 0. The molecule has 0 amide bonds. The Labute approximate surface area is 77.9 Å². The Hall–Kier alpha value is -1.06. The highest BCUT2D eigenvalue weighted by molar-refractivity contribution is 5.49. The Kier molecular flexibility index (Phi) is 3.73. The third-order valence-electron chi connectivity index (χ3n) is 1.97. The molecule has 2 N–H and O–H groups in total. The van der Waals surface area contributed by atoms with E-state index in [4.69, 9.17) is 10.2 Å². The molecule has 0 radical (unpaired) electrons. The summed E-state index contributed by atoms with van der Waals surface area (Å²) in [7, 11) is 1.94. The number of aliphatic hydroxyl groups excluding tert-OH is 2. The molecule has 0 bridgehead atoms. The van der Waals surface area contributed by atoms with Crippen LogP contribution in [0.2, 0.25) is 0 Å². The molecule has 1 rings (SSSR count). The molecule has 0 unspecified atom stereocenters. The SMILES string of the molecule is Cn1cccc1/C=C(/CO)CCO. The molecule has 13 heavy (non-hydrogen) atoms. The maximum absolute atomic E-state index is 8.96. The van der Waals surface area contributed by atoms with Crippen LogP contribution in [0.4, 0.5) is 0 Å². The van der Waals surface area contributed by atoms with Gasteiger partial charge in [-0.1, -0.05) is 0 Å². The highest BCUT2D eigenvalue weighted by Gasteiger charge is 1.97. The summed E-state index contributed by atoms with van der Waals surface area (Å²) in [6, 6.07) is 3.91. The second-order valence-corrected chi connectivity index (χ2v) is 2.98. The average molecular weight is 181 g/mol. The molecule has 3 nitrogen and oxygen atoms in total. The number of aromatic nitrogens is 1. The van der Waals surface area contributed by atoms with Crippen LogP contribution in [0.5, 0.6) is 0 Å². The van der Waals surface area contributed by atoms with Crippen molar-refractivity contribution in [2.45, 2.75) is 6.42 Å². The van der Waals surface area contributed by atoms with Crippen molar-refractivity contribution >= 4 is 6.08 Å². The lowest BCUT2D eigenvalue weighted by Crippen LogP contribution is -1.96. The molecular weight excluding hydrogens is 166 g/mol. The Morgan fingerprint density at radius 1 is 1.54 bits per heavy atom. The molecule has 0 saturated heterocycles. The van der Waals surface area contributed by atoms with E-state index in [0.29, 0.717) is 6.42 Å². The third kappa shape index (κ3) is 2.72. The maximum Gasteiger partial charge on any atom is 0.0646 e. The molecule has 0 saturated carbocycles. The van der Waals surface area contributed by atoms with Gasteiger partial charge in [0.1, 0.15) is 0 Å². The molecule has 0 fully saturated rings. The second-order valence-electron chi connectivity index (χ2n) is 2.98. The summed E-state index contributed by atoms with van der Waals surface area (Å²) < 4.78 is 1.97. The molecular formula is C10H15NO2. The van der Waals surface area contributed by atoms with Crippen molar-refractivity contribution < 1.29 is 10.2 Å². The molecule has 1 heterocycles. The largest absolute Gasteiger partial charge is 0.396 e. The maximum atomic E-state index is 8.96. The van der Waals surface area contributed by atoms with Crippen molar-refractivity contribution in [1.82, 2.24) is 4.57 Å². The van der Waals surface area contributed by atoms with E-state index in [2.05, 4.69) is 0 Å². The van der Waals surface area contributed by atoms with Crippen LogP contribution in [0.15, 0.2) is 23.9 Å². The van der Waals surface area contributed by atoms with Gasteiger partial charge in [0.2, 0.25) is 0 Å². The summed E-state index contributed by atoms with van der Waals surface area (Å²) >= 11 is 0. The van der Waals surface area contributed by atoms with E-state index >= 15 is 0 Å². The fraction of sp³-hybridized carbons (Fsp3) is 0.400. The number of nitrogens with zero attached hydrogens (tertiary/aromatic N) is 1. The van der Waals surface area contributed by atoms with Crippen LogP contribution in [0.3, 0.4) is 0 Å². The number of hydrogen-bond acceptors (Lipinski definition) is 2. The van der Waals surface area contributed by atoms with Crippen LogP contribution < -0.4 is 0 Å². The number of rotatable bonds is 4. The summed E-state index contributed by atoms with van der Waals surface area (Å²) in [4.78, 5) is 0. The fourth-order valence-electron chi connectivity index (χ4n) is 1.17. The van der Waals surface area contributed by atoms with Gasteiger partial charge < -0.3 is 14.8 Å². The van der Waals surface area contributed by atoms with E-state index in [1.807, 2.05) is 36.0 Å². The quantitative estimate of drug-likeness (QED) is 0.721. The first-order chi connectivity index (χ1) is 6.27. The van der Waals surface area contributed by atoms with Crippen molar-refractivity contribution in [3.05, 3.63) is 29.6 Å². The van der Waals surface area contributed by atoms with E-state index in [-0.39, 0.29) is 13.2 Å². The minimum atomic E-state index is 0.00569. The molecule has 0 aliphatic rings. The van der Waals surface area contributed by atoms with Crippen LogP contribution in [0.1, 0.15) is 12.1 Å².